The van der Waals surface area contributed by atoms with Gasteiger partial charge in [0.15, 0.2) is 0 Å². The van der Waals surface area contributed by atoms with Crippen LogP contribution in [0.15, 0.2) is 91.0 Å². The van der Waals surface area contributed by atoms with E-state index in [1.807, 2.05) is 0 Å². The lowest BCUT2D eigenvalue weighted by atomic mass is 9.66. The molecule has 3 aromatic rings. The highest BCUT2D eigenvalue weighted by atomic mass is 35.7. The van der Waals surface area contributed by atoms with Crippen LogP contribution in [0, 0.1) is 0 Å². The van der Waals surface area contributed by atoms with E-state index in [9.17, 15) is 0 Å². The van der Waals surface area contributed by atoms with Crippen LogP contribution < -0.4 is 0 Å². The van der Waals surface area contributed by atoms with Gasteiger partial charge >= 0.3 is 0 Å². The molecular formula is C32H42ClP. The van der Waals surface area contributed by atoms with E-state index in [0.29, 0.717) is 7.93 Å². The highest BCUT2D eigenvalue weighted by Gasteiger charge is 2.35. The zero-order valence-electron chi connectivity index (χ0n) is 20.7. The fourth-order valence-electron chi connectivity index (χ4n) is 5.27. The minimum absolute atomic E-state index is 0.0895. The lowest BCUT2D eigenvalue weighted by Crippen LogP contribution is -2.29. The van der Waals surface area contributed by atoms with Crippen molar-refractivity contribution in [3.8, 4) is 0 Å². The molecule has 0 fully saturated rings. The summed E-state index contributed by atoms with van der Waals surface area (Å²) in [5.41, 5.74) is 4.12. The monoisotopic (exact) mass is 492 g/mol. The predicted octanol–water partition coefficient (Wildman–Crippen LogP) is 10.5. The molecule has 3 rings (SSSR count). The third-order valence-electron chi connectivity index (χ3n) is 7.12. The quantitative estimate of drug-likeness (QED) is 0.0997. The number of hydrogen-bond donors (Lipinski definition) is 0. The maximum absolute atomic E-state index is 5.78. The summed E-state index contributed by atoms with van der Waals surface area (Å²) in [5, 5.41) is 0. The average molecular weight is 493 g/mol. The molecule has 0 aliphatic heterocycles. The molecule has 0 aromatic heterocycles. The Balaban J connectivity index is 1.54. The van der Waals surface area contributed by atoms with Crippen LogP contribution in [-0.2, 0) is 5.41 Å². The van der Waals surface area contributed by atoms with Gasteiger partial charge < -0.3 is 0 Å². The normalized spacial score (nSPS) is 11.9. The molecule has 0 saturated heterocycles. The smallest absolute Gasteiger partial charge is 0.0451 e. The Morgan fingerprint density at radius 2 is 0.765 bits per heavy atom. The molecule has 182 valence electrons. The molecule has 1 unspecified atom stereocenters. The first-order valence-electron chi connectivity index (χ1n) is 13.4. The summed E-state index contributed by atoms with van der Waals surface area (Å²) in [5.74, 6) is 0. The first kappa shape index (κ1) is 27.0. The molecule has 0 heterocycles. The second-order valence-electron chi connectivity index (χ2n) is 9.53. The summed E-state index contributed by atoms with van der Waals surface area (Å²) in [6, 6.07) is 33.4. The van der Waals surface area contributed by atoms with Crippen LogP contribution in [0.1, 0.15) is 93.7 Å². The maximum atomic E-state index is 5.78. The van der Waals surface area contributed by atoms with Crippen LogP contribution in [-0.4, -0.2) is 6.16 Å². The molecule has 0 aliphatic rings. The second-order valence-corrected chi connectivity index (χ2v) is 11.1. The fraction of sp³-hybridized carbons (Fsp3) is 0.438. The van der Waals surface area contributed by atoms with Crippen LogP contribution in [0.3, 0.4) is 0 Å². The molecule has 0 aliphatic carbocycles. The van der Waals surface area contributed by atoms with Gasteiger partial charge in [-0.15, -0.1) is 11.2 Å². The van der Waals surface area contributed by atoms with Crippen LogP contribution in [0.4, 0.5) is 0 Å². The van der Waals surface area contributed by atoms with Gasteiger partial charge in [0.05, 0.1) is 0 Å². The van der Waals surface area contributed by atoms with Gasteiger partial charge in [-0.3, -0.25) is 0 Å². The van der Waals surface area contributed by atoms with Gasteiger partial charge in [0, 0.05) is 5.41 Å². The summed E-state index contributed by atoms with van der Waals surface area (Å²) in [4.78, 5) is 0. The third-order valence-corrected chi connectivity index (χ3v) is 8.23. The lowest BCUT2D eigenvalue weighted by Gasteiger charge is -2.36. The van der Waals surface area contributed by atoms with E-state index in [1.165, 1.54) is 93.5 Å². The summed E-state index contributed by atoms with van der Waals surface area (Å²) < 4.78 is 0. The van der Waals surface area contributed by atoms with E-state index >= 15 is 0 Å². The number of halogens is 1. The molecule has 0 nitrogen and oxygen atoms in total. The van der Waals surface area contributed by atoms with Gasteiger partial charge in [-0.1, -0.05) is 155 Å². The first-order chi connectivity index (χ1) is 16.9. The van der Waals surface area contributed by atoms with Crippen LogP contribution in [0.5, 0.6) is 0 Å². The minimum Gasteiger partial charge on any atom is -0.100 e. The fourth-order valence-corrected chi connectivity index (χ4v) is 6.06. The number of benzene rings is 3. The van der Waals surface area contributed by atoms with Crippen LogP contribution >= 0.6 is 19.2 Å². The Hall–Kier alpha value is -1.62. The van der Waals surface area contributed by atoms with Crippen molar-refractivity contribution < 1.29 is 0 Å². The van der Waals surface area contributed by atoms with Gasteiger partial charge in [-0.2, -0.15) is 0 Å². The predicted molar refractivity (Wildman–Crippen MR) is 154 cm³/mol. The summed E-state index contributed by atoms with van der Waals surface area (Å²) in [6.45, 7) is 0. The molecule has 0 saturated carbocycles. The van der Waals surface area contributed by atoms with Crippen molar-refractivity contribution in [1.82, 2.24) is 0 Å². The summed E-state index contributed by atoms with van der Waals surface area (Å²) in [6.07, 6.45) is 17.3. The van der Waals surface area contributed by atoms with Crippen LogP contribution in [0.2, 0.25) is 0 Å². The SMILES string of the molecule is ClPCCCCCCCCCCCCCC(c1ccccc1)(c1ccccc1)c1ccccc1. The molecule has 34 heavy (non-hydrogen) atoms. The number of unbranched alkanes of at least 4 members (excludes halogenated alkanes) is 10. The van der Waals surface area contributed by atoms with Gasteiger partial charge in [0.2, 0.25) is 0 Å². The zero-order valence-corrected chi connectivity index (χ0v) is 22.5. The molecular weight excluding hydrogens is 451 g/mol. The largest absolute Gasteiger partial charge is 0.100 e. The van der Waals surface area contributed by atoms with E-state index < -0.39 is 0 Å². The van der Waals surface area contributed by atoms with Crippen molar-refractivity contribution in [2.45, 2.75) is 82.5 Å². The van der Waals surface area contributed by atoms with Crippen molar-refractivity contribution in [1.29, 1.82) is 0 Å². The molecule has 0 N–H and O–H groups in total. The van der Waals surface area contributed by atoms with E-state index in [1.54, 1.807) is 0 Å². The summed E-state index contributed by atoms with van der Waals surface area (Å²) in [7, 11) is 0.613. The van der Waals surface area contributed by atoms with Crippen molar-refractivity contribution >= 4 is 19.2 Å². The number of hydrogen-bond acceptors (Lipinski definition) is 0. The van der Waals surface area contributed by atoms with Crippen molar-refractivity contribution in [3.05, 3.63) is 108 Å². The highest BCUT2D eigenvalue weighted by molar-refractivity contribution is 7.68. The Kier molecular flexibility index (Phi) is 12.8. The molecule has 0 amide bonds. The van der Waals surface area contributed by atoms with Gasteiger partial charge in [-0.05, 0) is 43.6 Å². The van der Waals surface area contributed by atoms with Gasteiger partial charge in [0.1, 0.15) is 0 Å². The van der Waals surface area contributed by atoms with E-state index in [4.69, 9.17) is 11.2 Å². The average Bonchev–Trinajstić information content (AvgIpc) is 2.91. The lowest BCUT2D eigenvalue weighted by molar-refractivity contribution is 0.492. The van der Waals surface area contributed by atoms with Crippen molar-refractivity contribution in [3.63, 3.8) is 0 Å². The van der Waals surface area contributed by atoms with Crippen molar-refractivity contribution in [2.24, 2.45) is 0 Å². The molecule has 2 heteroatoms. The Bertz CT molecular complexity index is 782. The first-order valence-corrected chi connectivity index (χ1v) is 15.6. The standard InChI is InChI=1S/C32H42ClP/c33-34-28-20-9-7-5-3-1-2-4-6-8-19-27-32(29-21-13-10-14-22-29,30-23-15-11-16-24-30)31-25-17-12-18-26-31/h10-18,21-26,34H,1-9,19-20,27-28H2. The highest BCUT2D eigenvalue weighted by Crippen LogP contribution is 2.43. The van der Waals surface area contributed by atoms with E-state index in [-0.39, 0.29) is 5.41 Å². The maximum Gasteiger partial charge on any atom is 0.0451 e. The molecule has 0 bridgehead atoms. The molecule has 0 radical (unpaired) electrons. The molecule has 1 atom stereocenters. The topological polar surface area (TPSA) is 0 Å². The number of rotatable bonds is 17. The van der Waals surface area contributed by atoms with Gasteiger partial charge in [0.25, 0.3) is 0 Å². The Morgan fingerprint density at radius 1 is 0.441 bits per heavy atom. The van der Waals surface area contributed by atoms with Crippen molar-refractivity contribution in [2.75, 3.05) is 6.16 Å². The third kappa shape index (κ3) is 8.25. The molecule has 0 spiro atoms. The second kappa shape index (κ2) is 16.1. The minimum atomic E-state index is -0.0895. The summed E-state index contributed by atoms with van der Waals surface area (Å²) >= 11 is 5.78. The molecule has 3 aromatic carbocycles. The Morgan fingerprint density at radius 3 is 1.12 bits per heavy atom. The van der Waals surface area contributed by atoms with E-state index in [2.05, 4.69) is 91.0 Å². The Labute approximate surface area is 215 Å². The zero-order chi connectivity index (χ0) is 23.7. The van der Waals surface area contributed by atoms with Gasteiger partial charge in [-0.25, -0.2) is 0 Å². The van der Waals surface area contributed by atoms with Crippen LogP contribution in [0.25, 0.3) is 0 Å². The van der Waals surface area contributed by atoms with E-state index in [0.717, 1.165) is 6.42 Å².